The molecule has 0 aromatic heterocycles. The summed E-state index contributed by atoms with van der Waals surface area (Å²) in [5.74, 6) is 1.20. The highest BCUT2D eigenvalue weighted by Gasteiger charge is 2.21. The van der Waals surface area contributed by atoms with E-state index in [1.54, 1.807) is 24.3 Å². The average Bonchev–Trinajstić information content (AvgIpc) is 2.64. The summed E-state index contributed by atoms with van der Waals surface area (Å²) in [6.45, 7) is 1.05. The third-order valence-electron chi connectivity index (χ3n) is 3.74. The fourth-order valence-electron chi connectivity index (χ4n) is 2.44. The van der Waals surface area contributed by atoms with E-state index in [0.717, 1.165) is 5.56 Å². The Labute approximate surface area is 145 Å². The highest BCUT2D eigenvalue weighted by molar-refractivity contribution is 5.94. The number of rotatable bonds is 5. The topological polar surface area (TPSA) is 103 Å². The van der Waals surface area contributed by atoms with Gasteiger partial charge in [-0.2, -0.15) is 0 Å². The third kappa shape index (κ3) is 4.41. The van der Waals surface area contributed by atoms with Crippen LogP contribution in [-0.2, 0) is 6.54 Å². The number of primary amides is 1. The summed E-state index contributed by atoms with van der Waals surface area (Å²) >= 11 is 0. The molecular weight excluding hydrogens is 322 g/mol. The van der Waals surface area contributed by atoms with E-state index in [1.807, 2.05) is 24.3 Å². The SMILES string of the molecule is NC(=O)NCc1ccc(C(=O)NCC2COc3ccccc3O2)cc1. The Balaban J connectivity index is 1.50. The molecule has 1 heterocycles. The molecule has 7 nitrogen and oxygen atoms in total. The number of amides is 3. The van der Waals surface area contributed by atoms with Crippen molar-refractivity contribution in [2.45, 2.75) is 12.6 Å². The summed E-state index contributed by atoms with van der Waals surface area (Å²) < 4.78 is 11.4. The molecule has 1 aliphatic rings. The summed E-state index contributed by atoms with van der Waals surface area (Å²) in [6, 6.07) is 13.8. The molecule has 0 saturated heterocycles. The van der Waals surface area contributed by atoms with E-state index in [-0.39, 0.29) is 12.0 Å². The van der Waals surface area contributed by atoms with Gasteiger partial charge < -0.3 is 25.8 Å². The fraction of sp³-hybridized carbons (Fsp3) is 0.222. The Morgan fingerprint density at radius 3 is 2.48 bits per heavy atom. The maximum Gasteiger partial charge on any atom is 0.312 e. The van der Waals surface area contributed by atoms with Gasteiger partial charge in [0.1, 0.15) is 12.7 Å². The van der Waals surface area contributed by atoms with Gasteiger partial charge in [-0.3, -0.25) is 4.79 Å². The number of urea groups is 1. The molecular formula is C18H19N3O4. The van der Waals surface area contributed by atoms with Crippen LogP contribution in [0, 0.1) is 0 Å². The van der Waals surface area contributed by atoms with Crippen molar-refractivity contribution >= 4 is 11.9 Å². The van der Waals surface area contributed by atoms with Crippen LogP contribution in [0.15, 0.2) is 48.5 Å². The van der Waals surface area contributed by atoms with Gasteiger partial charge in [0, 0.05) is 12.1 Å². The molecule has 130 valence electrons. The van der Waals surface area contributed by atoms with Crippen molar-refractivity contribution in [1.29, 1.82) is 0 Å². The second-order valence-electron chi connectivity index (χ2n) is 5.62. The van der Waals surface area contributed by atoms with Gasteiger partial charge >= 0.3 is 6.03 Å². The van der Waals surface area contributed by atoms with E-state index in [4.69, 9.17) is 15.2 Å². The Bertz CT molecular complexity index is 761. The Morgan fingerprint density at radius 1 is 1.04 bits per heavy atom. The predicted molar refractivity (Wildman–Crippen MR) is 91.6 cm³/mol. The first-order chi connectivity index (χ1) is 12.1. The fourth-order valence-corrected chi connectivity index (χ4v) is 2.44. The van der Waals surface area contributed by atoms with Crippen molar-refractivity contribution in [2.24, 2.45) is 5.73 Å². The smallest absolute Gasteiger partial charge is 0.312 e. The molecule has 1 aliphatic heterocycles. The highest BCUT2D eigenvalue weighted by Crippen LogP contribution is 2.30. The molecule has 2 aromatic carbocycles. The normalized spacial score (nSPS) is 15.3. The molecule has 0 bridgehead atoms. The van der Waals surface area contributed by atoms with Crippen LogP contribution in [0.2, 0.25) is 0 Å². The molecule has 0 fully saturated rings. The third-order valence-corrected chi connectivity index (χ3v) is 3.74. The Kier molecular flexibility index (Phi) is 5.03. The Hall–Kier alpha value is -3.22. The molecule has 3 rings (SSSR count). The van der Waals surface area contributed by atoms with Gasteiger partial charge in [-0.15, -0.1) is 0 Å². The first-order valence-corrected chi connectivity index (χ1v) is 7.91. The van der Waals surface area contributed by atoms with Crippen molar-refractivity contribution in [1.82, 2.24) is 10.6 Å². The first kappa shape index (κ1) is 16.6. The summed E-state index contributed by atoms with van der Waals surface area (Å²) in [5.41, 5.74) is 6.41. The number of carbonyl (C=O) groups excluding carboxylic acids is 2. The quantitative estimate of drug-likeness (QED) is 0.765. The molecule has 7 heteroatoms. The van der Waals surface area contributed by atoms with Gasteiger partial charge in [0.05, 0.1) is 6.54 Å². The summed E-state index contributed by atoms with van der Waals surface area (Å²) in [5, 5.41) is 5.33. The van der Waals surface area contributed by atoms with E-state index in [2.05, 4.69) is 10.6 Å². The number of fused-ring (bicyclic) bond motifs is 1. The molecule has 4 N–H and O–H groups in total. The lowest BCUT2D eigenvalue weighted by Gasteiger charge is -2.26. The number of nitrogens with one attached hydrogen (secondary N) is 2. The number of hydrogen-bond donors (Lipinski definition) is 3. The number of ether oxygens (including phenoxy) is 2. The molecule has 0 spiro atoms. The van der Waals surface area contributed by atoms with Crippen LogP contribution in [0.1, 0.15) is 15.9 Å². The minimum atomic E-state index is -0.585. The van der Waals surface area contributed by atoms with Crippen molar-refractivity contribution < 1.29 is 19.1 Å². The summed E-state index contributed by atoms with van der Waals surface area (Å²) in [4.78, 5) is 22.9. The molecule has 1 atom stereocenters. The average molecular weight is 341 g/mol. The highest BCUT2D eigenvalue weighted by atomic mass is 16.6. The minimum Gasteiger partial charge on any atom is -0.486 e. The summed E-state index contributed by atoms with van der Waals surface area (Å²) in [6.07, 6.45) is -0.238. The van der Waals surface area contributed by atoms with Crippen LogP contribution >= 0.6 is 0 Å². The largest absolute Gasteiger partial charge is 0.486 e. The number of carbonyl (C=O) groups is 2. The van der Waals surface area contributed by atoms with Gasteiger partial charge in [-0.05, 0) is 29.8 Å². The minimum absolute atomic E-state index is 0.197. The maximum atomic E-state index is 12.2. The van der Waals surface area contributed by atoms with Gasteiger partial charge in [0.25, 0.3) is 5.91 Å². The zero-order chi connectivity index (χ0) is 17.6. The lowest BCUT2D eigenvalue weighted by molar-refractivity contribution is 0.0789. The summed E-state index contributed by atoms with van der Waals surface area (Å²) in [7, 11) is 0. The zero-order valence-electron chi connectivity index (χ0n) is 13.5. The Morgan fingerprint density at radius 2 is 1.76 bits per heavy atom. The van der Waals surface area contributed by atoms with Crippen molar-refractivity contribution in [3.8, 4) is 11.5 Å². The van der Waals surface area contributed by atoms with Crippen LogP contribution < -0.4 is 25.8 Å². The van der Waals surface area contributed by atoms with Crippen LogP contribution in [0.5, 0.6) is 11.5 Å². The van der Waals surface area contributed by atoms with E-state index in [0.29, 0.717) is 36.8 Å². The molecule has 0 aliphatic carbocycles. The van der Waals surface area contributed by atoms with E-state index in [1.165, 1.54) is 0 Å². The zero-order valence-corrected chi connectivity index (χ0v) is 13.5. The van der Waals surface area contributed by atoms with Gasteiger partial charge in [-0.25, -0.2) is 4.79 Å². The van der Waals surface area contributed by atoms with Crippen molar-refractivity contribution in [3.63, 3.8) is 0 Å². The van der Waals surface area contributed by atoms with E-state index >= 15 is 0 Å². The number of benzene rings is 2. The van der Waals surface area contributed by atoms with E-state index in [9.17, 15) is 9.59 Å². The second kappa shape index (κ2) is 7.57. The molecule has 2 aromatic rings. The van der Waals surface area contributed by atoms with Gasteiger partial charge in [0.2, 0.25) is 0 Å². The standard InChI is InChI=1S/C18H19N3O4/c19-18(23)21-9-12-5-7-13(8-6-12)17(22)20-10-14-11-24-15-3-1-2-4-16(15)25-14/h1-8,14H,9-11H2,(H,20,22)(H3,19,21,23). The lowest BCUT2D eigenvalue weighted by Crippen LogP contribution is -2.40. The number of hydrogen-bond acceptors (Lipinski definition) is 4. The van der Waals surface area contributed by atoms with Crippen LogP contribution in [0.3, 0.4) is 0 Å². The van der Waals surface area contributed by atoms with Crippen LogP contribution in [0.4, 0.5) is 4.79 Å². The lowest BCUT2D eigenvalue weighted by atomic mass is 10.1. The van der Waals surface area contributed by atoms with Crippen molar-refractivity contribution in [2.75, 3.05) is 13.2 Å². The maximum absolute atomic E-state index is 12.2. The number of nitrogens with two attached hydrogens (primary N) is 1. The molecule has 3 amide bonds. The van der Waals surface area contributed by atoms with Crippen LogP contribution in [0.25, 0.3) is 0 Å². The molecule has 1 unspecified atom stereocenters. The molecule has 25 heavy (non-hydrogen) atoms. The molecule has 0 radical (unpaired) electrons. The van der Waals surface area contributed by atoms with Crippen LogP contribution in [-0.4, -0.2) is 31.2 Å². The predicted octanol–water partition coefficient (Wildman–Crippen LogP) is 1.42. The van der Waals surface area contributed by atoms with E-state index < -0.39 is 6.03 Å². The molecule has 0 saturated carbocycles. The first-order valence-electron chi connectivity index (χ1n) is 7.91. The van der Waals surface area contributed by atoms with Gasteiger partial charge in [-0.1, -0.05) is 24.3 Å². The second-order valence-corrected chi connectivity index (χ2v) is 5.62. The monoisotopic (exact) mass is 341 g/mol. The van der Waals surface area contributed by atoms with Crippen molar-refractivity contribution in [3.05, 3.63) is 59.7 Å². The van der Waals surface area contributed by atoms with Gasteiger partial charge in [0.15, 0.2) is 11.5 Å². The number of para-hydroxylation sites is 2.